The molecule has 0 saturated carbocycles. The van der Waals surface area contributed by atoms with Crippen LogP contribution in [0.2, 0.25) is 0 Å². The molecule has 0 radical (unpaired) electrons. The van der Waals surface area contributed by atoms with Crippen molar-refractivity contribution in [3.8, 4) is 5.69 Å². The summed E-state index contributed by atoms with van der Waals surface area (Å²) in [6.45, 7) is 5.35. The molecule has 3 heterocycles. The molecule has 1 fully saturated rings. The summed E-state index contributed by atoms with van der Waals surface area (Å²) >= 11 is 5.74. The molecule has 0 amide bonds. The Labute approximate surface area is 209 Å². The summed E-state index contributed by atoms with van der Waals surface area (Å²) < 4.78 is 43.2. The summed E-state index contributed by atoms with van der Waals surface area (Å²) in [6.07, 6.45) is -1.81. The van der Waals surface area contributed by atoms with Gasteiger partial charge in [-0.15, -0.1) is 0 Å². The number of para-hydroxylation sites is 1. The largest absolute Gasteiger partial charge is 0.418 e. The van der Waals surface area contributed by atoms with Crippen molar-refractivity contribution in [2.45, 2.75) is 38.5 Å². The summed E-state index contributed by atoms with van der Waals surface area (Å²) in [5, 5.41) is 4.06. The van der Waals surface area contributed by atoms with E-state index < -0.39 is 11.7 Å². The van der Waals surface area contributed by atoms with E-state index in [1.807, 2.05) is 52.2 Å². The second-order valence-corrected chi connectivity index (χ2v) is 9.54. The third-order valence-corrected chi connectivity index (χ3v) is 6.79. The van der Waals surface area contributed by atoms with E-state index in [0.717, 1.165) is 48.2 Å². The van der Waals surface area contributed by atoms with Gasteiger partial charge in [0.25, 0.3) is 0 Å². The van der Waals surface area contributed by atoms with Crippen LogP contribution in [0.3, 0.4) is 0 Å². The van der Waals surface area contributed by atoms with Gasteiger partial charge in [0, 0.05) is 24.1 Å². The lowest BCUT2D eigenvalue weighted by atomic mass is 9.96. The number of alkyl halides is 3. The number of thiocarbonyl (C=S) groups is 1. The van der Waals surface area contributed by atoms with Crippen molar-refractivity contribution < 1.29 is 13.2 Å². The number of pyridine rings is 1. The maximum atomic E-state index is 13.8. The highest BCUT2D eigenvalue weighted by molar-refractivity contribution is 7.80. The molecule has 1 aliphatic heterocycles. The van der Waals surface area contributed by atoms with Crippen LogP contribution >= 0.6 is 12.2 Å². The van der Waals surface area contributed by atoms with Crippen LogP contribution in [0.15, 0.2) is 54.7 Å². The highest BCUT2D eigenvalue weighted by Gasteiger charge is 2.41. The number of nitrogens with one attached hydrogen (secondary N) is 1. The molecular formula is C26H30F3N5S. The molecule has 0 unspecified atom stereocenters. The normalized spacial score (nSPS) is 18.4. The van der Waals surface area contributed by atoms with E-state index in [1.165, 1.54) is 12.1 Å². The van der Waals surface area contributed by atoms with Gasteiger partial charge in [-0.25, -0.2) is 0 Å². The summed E-state index contributed by atoms with van der Waals surface area (Å²) in [7, 11) is 4.06. The molecule has 0 aliphatic carbocycles. The average Bonchev–Trinajstić information content (AvgIpc) is 3.28. The molecule has 2 aromatic heterocycles. The van der Waals surface area contributed by atoms with Crippen molar-refractivity contribution in [1.29, 1.82) is 0 Å². The monoisotopic (exact) mass is 501 g/mol. The van der Waals surface area contributed by atoms with E-state index in [1.54, 1.807) is 16.8 Å². The SMILES string of the molecule is Cc1cc([C@H]2[C@@H](c3ccccn3)NC(=S)N2CCCN(C)C)c(C)n1-c1ccccc1C(F)(F)F. The van der Waals surface area contributed by atoms with E-state index in [-0.39, 0.29) is 17.8 Å². The first-order chi connectivity index (χ1) is 16.6. The molecule has 5 nitrogen and oxygen atoms in total. The molecular weight excluding hydrogens is 471 g/mol. The topological polar surface area (TPSA) is 36.3 Å². The van der Waals surface area contributed by atoms with Crippen molar-refractivity contribution in [3.63, 3.8) is 0 Å². The lowest BCUT2D eigenvalue weighted by Gasteiger charge is -2.28. The maximum absolute atomic E-state index is 13.8. The quantitative estimate of drug-likeness (QED) is 0.437. The van der Waals surface area contributed by atoms with Gasteiger partial charge in [0.15, 0.2) is 5.11 Å². The smallest absolute Gasteiger partial charge is 0.352 e. The van der Waals surface area contributed by atoms with Gasteiger partial charge in [0.2, 0.25) is 0 Å². The Morgan fingerprint density at radius 1 is 1.09 bits per heavy atom. The Morgan fingerprint density at radius 3 is 2.46 bits per heavy atom. The number of rotatable bonds is 7. The Bertz CT molecular complexity index is 1190. The minimum atomic E-state index is -4.45. The van der Waals surface area contributed by atoms with Gasteiger partial charge < -0.3 is 19.7 Å². The third kappa shape index (κ3) is 5.06. The molecule has 2 atom stereocenters. The van der Waals surface area contributed by atoms with Gasteiger partial charge in [0.05, 0.1) is 29.0 Å². The number of halogens is 3. The fourth-order valence-electron chi connectivity index (χ4n) is 4.91. The molecule has 3 aromatic rings. The zero-order chi connectivity index (χ0) is 25.3. The van der Waals surface area contributed by atoms with Crippen LogP contribution in [0.1, 0.15) is 46.7 Å². The standard InChI is InChI=1S/C26H30F3N5S/c1-17-16-19(18(2)34(17)22-12-6-5-10-20(22)26(27,28)29)24-23(21-11-7-8-13-30-21)31-25(35)33(24)15-9-14-32(3)4/h5-8,10-13,16,23-24H,9,14-15H2,1-4H3,(H,31,35)/t23-,24+/m1/s1. The average molecular weight is 502 g/mol. The number of aryl methyl sites for hydroxylation is 1. The summed E-state index contributed by atoms with van der Waals surface area (Å²) in [5.41, 5.74) is 2.75. The van der Waals surface area contributed by atoms with Gasteiger partial charge in [-0.05, 0) is 89.0 Å². The lowest BCUT2D eigenvalue weighted by Crippen LogP contribution is -2.32. The van der Waals surface area contributed by atoms with Gasteiger partial charge in [-0.2, -0.15) is 13.2 Å². The molecule has 1 saturated heterocycles. The summed E-state index contributed by atoms with van der Waals surface area (Å²) in [4.78, 5) is 8.84. The van der Waals surface area contributed by atoms with Gasteiger partial charge in [0.1, 0.15) is 0 Å². The van der Waals surface area contributed by atoms with Crippen molar-refractivity contribution in [3.05, 3.63) is 82.9 Å². The maximum Gasteiger partial charge on any atom is 0.418 e. The van der Waals surface area contributed by atoms with E-state index in [2.05, 4.69) is 20.1 Å². The van der Waals surface area contributed by atoms with Gasteiger partial charge in [-0.1, -0.05) is 18.2 Å². The second kappa shape index (κ2) is 9.99. The molecule has 186 valence electrons. The Morgan fingerprint density at radius 2 is 1.80 bits per heavy atom. The molecule has 4 rings (SSSR count). The molecule has 1 aromatic carbocycles. The van der Waals surface area contributed by atoms with Crippen LogP contribution in [0.4, 0.5) is 13.2 Å². The number of aromatic nitrogens is 2. The van der Waals surface area contributed by atoms with E-state index >= 15 is 0 Å². The summed E-state index contributed by atoms with van der Waals surface area (Å²) in [6, 6.07) is 13.0. The first kappa shape index (κ1) is 25.2. The minimum absolute atomic E-state index is 0.128. The highest BCUT2D eigenvalue weighted by Crippen LogP contribution is 2.42. The van der Waals surface area contributed by atoms with Crippen molar-refractivity contribution in [2.24, 2.45) is 0 Å². The Hall–Kier alpha value is -2.91. The first-order valence-corrected chi connectivity index (χ1v) is 12.0. The highest BCUT2D eigenvalue weighted by atomic mass is 32.1. The Balaban J connectivity index is 1.82. The van der Waals surface area contributed by atoms with Crippen LogP contribution in [0.5, 0.6) is 0 Å². The van der Waals surface area contributed by atoms with Crippen LogP contribution in [-0.2, 0) is 6.18 Å². The zero-order valence-corrected chi connectivity index (χ0v) is 21.1. The molecule has 35 heavy (non-hydrogen) atoms. The van der Waals surface area contributed by atoms with Crippen molar-refractivity contribution in [1.82, 2.24) is 24.7 Å². The van der Waals surface area contributed by atoms with Crippen molar-refractivity contribution >= 4 is 17.3 Å². The number of benzene rings is 1. The molecule has 1 N–H and O–H groups in total. The Kier molecular flexibility index (Phi) is 7.19. The van der Waals surface area contributed by atoms with Crippen LogP contribution in [0.25, 0.3) is 5.69 Å². The first-order valence-electron chi connectivity index (χ1n) is 11.6. The predicted molar refractivity (Wildman–Crippen MR) is 136 cm³/mol. The second-order valence-electron chi connectivity index (χ2n) is 9.15. The fraction of sp³-hybridized carbons (Fsp3) is 0.385. The van der Waals surface area contributed by atoms with E-state index in [0.29, 0.717) is 5.11 Å². The van der Waals surface area contributed by atoms with Crippen LogP contribution < -0.4 is 5.32 Å². The molecule has 0 spiro atoms. The third-order valence-electron chi connectivity index (χ3n) is 6.44. The number of hydrogen-bond acceptors (Lipinski definition) is 3. The molecule has 9 heteroatoms. The molecule has 1 aliphatic rings. The minimum Gasteiger partial charge on any atom is -0.352 e. The van der Waals surface area contributed by atoms with Crippen LogP contribution in [0, 0.1) is 13.8 Å². The number of nitrogens with zero attached hydrogens (tertiary/aromatic N) is 4. The van der Waals surface area contributed by atoms with E-state index in [4.69, 9.17) is 12.2 Å². The molecule has 0 bridgehead atoms. The summed E-state index contributed by atoms with van der Waals surface area (Å²) in [5.74, 6) is 0. The van der Waals surface area contributed by atoms with Gasteiger partial charge >= 0.3 is 6.18 Å². The fourth-order valence-corrected chi connectivity index (χ4v) is 5.24. The zero-order valence-electron chi connectivity index (χ0n) is 20.3. The predicted octanol–water partition coefficient (Wildman–Crippen LogP) is 5.43. The van der Waals surface area contributed by atoms with E-state index in [9.17, 15) is 13.2 Å². The van der Waals surface area contributed by atoms with Crippen LogP contribution in [-0.4, -0.2) is 51.6 Å². The van der Waals surface area contributed by atoms with Crippen molar-refractivity contribution in [2.75, 3.05) is 27.2 Å². The lowest BCUT2D eigenvalue weighted by molar-refractivity contribution is -0.137. The van der Waals surface area contributed by atoms with Gasteiger partial charge in [-0.3, -0.25) is 4.98 Å². The number of hydrogen-bond donors (Lipinski definition) is 1.